The monoisotopic (exact) mass is 201 g/mol. The molecule has 0 bridgehead atoms. The maximum Gasteiger partial charge on any atom is 0.326 e. The summed E-state index contributed by atoms with van der Waals surface area (Å²) in [6.45, 7) is 12.4. The lowest BCUT2D eigenvalue weighted by Gasteiger charge is -2.26. The molecule has 0 aromatic heterocycles. The zero-order chi connectivity index (χ0) is 11.4. The summed E-state index contributed by atoms with van der Waals surface area (Å²) in [7, 11) is 0. The Morgan fingerprint density at radius 3 is 2.21 bits per heavy atom. The van der Waals surface area contributed by atoms with Crippen LogP contribution < -0.4 is 5.32 Å². The lowest BCUT2D eigenvalue weighted by molar-refractivity contribution is -0.157. The Labute approximate surface area is 87.2 Å². The van der Waals surface area contributed by atoms with E-state index in [-0.39, 0.29) is 12.1 Å². The summed E-state index contributed by atoms with van der Waals surface area (Å²) >= 11 is 0. The van der Waals surface area contributed by atoms with Crippen molar-refractivity contribution in [3.63, 3.8) is 0 Å². The molecule has 0 aromatic carbocycles. The fraction of sp³-hybridized carbons (Fsp3) is 0.909. The average molecular weight is 201 g/mol. The molecule has 0 rings (SSSR count). The van der Waals surface area contributed by atoms with Crippen molar-refractivity contribution in [2.75, 3.05) is 6.54 Å². The van der Waals surface area contributed by atoms with Crippen LogP contribution >= 0.6 is 0 Å². The smallest absolute Gasteiger partial charge is 0.326 e. The number of likely N-dealkylation sites (N-methyl/N-ethyl adjacent to an activating group) is 1. The van der Waals surface area contributed by atoms with Gasteiger partial charge in [-0.05, 0) is 33.2 Å². The molecule has 3 nitrogen and oxygen atoms in total. The number of esters is 1. The Hall–Kier alpha value is -0.570. The molecular formula is C11H23NO2. The number of carbonyl (C=O) groups is 1. The van der Waals surface area contributed by atoms with E-state index < -0.39 is 5.54 Å². The van der Waals surface area contributed by atoms with Crippen molar-refractivity contribution in [1.82, 2.24) is 5.32 Å². The van der Waals surface area contributed by atoms with Crippen molar-refractivity contribution in [1.29, 1.82) is 0 Å². The van der Waals surface area contributed by atoms with E-state index in [0.717, 1.165) is 6.54 Å². The number of carbonyl (C=O) groups excluding carboxylic acids is 1. The van der Waals surface area contributed by atoms with Gasteiger partial charge in [-0.2, -0.15) is 0 Å². The van der Waals surface area contributed by atoms with Gasteiger partial charge < -0.3 is 10.1 Å². The highest BCUT2D eigenvalue weighted by Gasteiger charge is 2.29. The van der Waals surface area contributed by atoms with E-state index in [4.69, 9.17) is 4.74 Å². The molecule has 0 aliphatic rings. The Morgan fingerprint density at radius 1 is 1.36 bits per heavy atom. The van der Waals surface area contributed by atoms with Gasteiger partial charge in [0.05, 0.1) is 0 Å². The lowest BCUT2D eigenvalue weighted by Crippen LogP contribution is -2.48. The summed E-state index contributed by atoms with van der Waals surface area (Å²) in [6, 6.07) is 0. The van der Waals surface area contributed by atoms with E-state index in [2.05, 4.69) is 5.32 Å². The van der Waals surface area contributed by atoms with Crippen LogP contribution in [0.1, 0.15) is 41.5 Å². The second-order valence-corrected chi connectivity index (χ2v) is 4.51. The highest BCUT2D eigenvalue weighted by Crippen LogP contribution is 2.11. The minimum Gasteiger partial charge on any atom is -0.461 e. The second kappa shape index (κ2) is 5.35. The standard InChI is InChI=1S/C11H23NO2/c1-7-12-11(5,6)10(13)14-9(4)8(2)3/h8-9,12H,7H2,1-6H3. The largest absolute Gasteiger partial charge is 0.461 e. The Bertz CT molecular complexity index is 188. The van der Waals surface area contributed by atoms with Crippen LogP contribution in [0, 0.1) is 5.92 Å². The normalized spacial score (nSPS) is 14.2. The van der Waals surface area contributed by atoms with Gasteiger partial charge in [-0.3, -0.25) is 4.79 Å². The molecule has 0 saturated heterocycles. The summed E-state index contributed by atoms with van der Waals surface area (Å²) in [4.78, 5) is 11.7. The van der Waals surface area contributed by atoms with E-state index in [9.17, 15) is 4.79 Å². The predicted molar refractivity (Wildman–Crippen MR) is 58.1 cm³/mol. The van der Waals surface area contributed by atoms with Gasteiger partial charge in [0.2, 0.25) is 0 Å². The van der Waals surface area contributed by atoms with Gasteiger partial charge in [0, 0.05) is 0 Å². The number of hydrogen-bond donors (Lipinski definition) is 1. The highest BCUT2D eigenvalue weighted by molar-refractivity contribution is 5.79. The van der Waals surface area contributed by atoms with Gasteiger partial charge in [0.25, 0.3) is 0 Å². The first kappa shape index (κ1) is 13.4. The molecular weight excluding hydrogens is 178 g/mol. The maximum absolute atomic E-state index is 11.7. The van der Waals surface area contributed by atoms with Gasteiger partial charge in [0.15, 0.2) is 0 Å². The van der Waals surface area contributed by atoms with E-state index in [0.29, 0.717) is 5.92 Å². The van der Waals surface area contributed by atoms with Crippen molar-refractivity contribution in [2.24, 2.45) is 5.92 Å². The van der Waals surface area contributed by atoms with Crippen LogP contribution in [-0.2, 0) is 9.53 Å². The van der Waals surface area contributed by atoms with Crippen LogP contribution in [0.15, 0.2) is 0 Å². The van der Waals surface area contributed by atoms with Gasteiger partial charge in [-0.1, -0.05) is 20.8 Å². The fourth-order valence-electron chi connectivity index (χ4n) is 0.966. The van der Waals surface area contributed by atoms with Crippen LogP contribution in [0.2, 0.25) is 0 Å². The van der Waals surface area contributed by atoms with E-state index in [1.54, 1.807) is 0 Å². The molecule has 1 unspecified atom stereocenters. The molecule has 0 aliphatic heterocycles. The molecule has 0 spiro atoms. The van der Waals surface area contributed by atoms with Crippen molar-refractivity contribution in [3.05, 3.63) is 0 Å². The van der Waals surface area contributed by atoms with Gasteiger partial charge >= 0.3 is 5.97 Å². The first-order chi connectivity index (χ1) is 6.31. The first-order valence-electron chi connectivity index (χ1n) is 5.27. The minimum absolute atomic E-state index is 0.0274. The van der Waals surface area contributed by atoms with Crippen LogP contribution in [0.4, 0.5) is 0 Å². The Kier molecular flexibility index (Phi) is 5.13. The molecule has 0 heterocycles. The van der Waals surface area contributed by atoms with Crippen LogP contribution in [0.25, 0.3) is 0 Å². The summed E-state index contributed by atoms with van der Waals surface area (Å²) < 4.78 is 5.33. The molecule has 0 fully saturated rings. The Balaban J connectivity index is 4.19. The lowest BCUT2D eigenvalue weighted by atomic mass is 10.1. The zero-order valence-corrected chi connectivity index (χ0v) is 10.2. The molecule has 1 N–H and O–H groups in total. The van der Waals surface area contributed by atoms with E-state index in [1.807, 2.05) is 41.5 Å². The van der Waals surface area contributed by atoms with Crippen molar-refractivity contribution < 1.29 is 9.53 Å². The summed E-state index contributed by atoms with van der Waals surface area (Å²) in [5.41, 5.74) is -0.585. The van der Waals surface area contributed by atoms with Crippen LogP contribution in [0.5, 0.6) is 0 Å². The number of ether oxygens (including phenoxy) is 1. The molecule has 0 saturated carbocycles. The quantitative estimate of drug-likeness (QED) is 0.691. The zero-order valence-electron chi connectivity index (χ0n) is 10.2. The van der Waals surface area contributed by atoms with Gasteiger partial charge in [-0.25, -0.2) is 0 Å². The number of hydrogen-bond acceptors (Lipinski definition) is 3. The number of nitrogens with one attached hydrogen (secondary N) is 1. The third kappa shape index (κ3) is 4.09. The summed E-state index contributed by atoms with van der Waals surface area (Å²) in [5, 5.41) is 3.09. The molecule has 3 heteroatoms. The topological polar surface area (TPSA) is 38.3 Å². The van der Waals surface area contributed by atoms with Crippen LogP contribution in [-0.4, -0.2) is 24.2 Å². The van der Waals surface area contributed by atoms with E-state index in [1.165, 1.54) is 0 Å². The third-order valence-electron chi connectivity index (χ3n) is 2.36. The third-order valence-corrected chi connectivity index (χ3v) is 2.36. The van der Waals surface area contributed by atoms with E-state index >= 15 is 0 Å². The molecule has 84 valence electrons. The summed E-state index contributed by atoms with van der Waals surface area (Å²) in [6.07, 6.45) is -0.0274. The fourth-order valence-corrected chi connectivity index (χ4v) is 0.966. The molecule has 0 amide bonds. The molecule has 0 aliphatic carbocycles. The average Bonchev–Trinajstić information content (AvgIpc) is 2.03. The number of rotatable bonds is 5. The van der Waals surface area contributed by atoms with Crippen molar-refractivity contribution >= 4 is 5.97 Å². The highest BCUT2D eigenvalue weighted by atomic mass is 16.5. The first-order valence-corrected chi connectivity index (χ1v) is 5.27. The molecule has 1 atom stereocenters. The molecule has 14 heavy (non-hydrogen) atoms. The Morgan fingerprint density at radius 2 is 1.86 bits per heavy atom. The molecule has 0 radical (unpaired) electrons. The van der Waals surface area contributed by atoms with Crippen molar-refractivity contribution in [2.45, 2.75) is 53.2 Å². The molecule has 0 aromatic rings. The van der Waals surface area contributed by atoms with Crippen molar-refractivity contribution in [3.8, 4) is 0 Å². The van der Waals surface area contributed by atoms with Crippen LogP contribution in [0.3, 0.4) is 0 Å². The second-order valence-electron chi connectivity index (χ2n) is 4.51. The van der Waals surface area contributed by atoms with Gasteiger partial charge in [0.1, 0.15) is 11.6 Å². The minimum atomic E-state index is -0.585. The SMILES string of the molecule is CCNC(C)(C)C(=O)OC(C)C(C)C. The summed E-state index contributed by atoms with van der Waals surface area (Å²) in [5.74, 6) is 0.178. The predicted octanol–water partition coefficient (Wildman–Crippen LogP) is 1.96. The maximum atomic E-state index is 11.7. The van der Waals surface area contributed by atoms with Gasteiger partial charge in [-0.15, -0.1) is 0 Å².